The van der Waals surface area contributed by atoms with Crippen LogP contribution in [0.15, 0.2) is 12.1 Å². The lowest BCUT2D eigenvalue weighted by Crippen LogP contribution is -2.41. The number of nitrogens with two attached hydrogens (primary N) is 1. The van der Waals surface area contributed by atoms with Crippen LogP contribution in [0.25, 0.3) is 0 Å². The fourth-order valence-electron chi connectivity index (χ4n) is 1.85. The van der Waals surface area contributed by atoms with Gasteiger partial charge in [-0.25, -0.2) is 10.8 Å². The average molecular weight is 287 g/mol. The number of aromatic nitrogens is 1. The lowest BCUT2D eigenvalue weighted by atomic mass is 10.2. The smallest absolute Gasteiger partial charge is 0.254 e. The van der Waals surface area contributed by atoms with E-state index in [1.807, 2.05) is 13.8 Å². The summed E-state index contributed by atoms with van der Waals surface area (Å²) in [7, 11) is 1.61. The van der Waals surface area contributed by atoms with Crippen LogP contribution in [0.5, 0.6) is 0 Å². The molecule has 1 rings (SSSR count). The van der Waals surface area contributed by atoms with Crippen molar-refractivity contribution in [2.75, 3.05) is 25.7 Å². The Bertz CT molecular complexity index is 442. The number of carbonyl (C=O) groups is 1. The zero-order valence-electron chi connectivity index (χ0n) is 11.3. The number of nitrogens with zero attached hydrogens (tertiary/aromatic N) is 2. The van der Waals surface area contributed by atoms with Crippen LogP contribution in [-0.4, -0.2) is 42.1 Å². The predicted octanol–water partition coefficient (Wildman–Crippen LogP) is 1.52. The average Bonchev–Trinajstić information content (AvgIpc) is 2.39. The molecular formula is C12H19ClN4O2. The Hall–Kier alpha value is -1.37. The van der Waals surface area contributed by atoms with Gasteiger partial charge in [-0.05, 0) is 26.0 Å². The highest BCUT2D eigenvalue weighted by molar-refractivity contribution is 6.29. The van der Waals surface area contributed by atoms with Crippen molar-refractivity contribution in [3.8, 4) is 0 Å². The Morgan fingerprint density at radius 1 is 1.63 bits per heavy atom. The van der Waals surface area contributed by atoms with Crippen molar-refractivity contribution in [3.63, 3.8) is 0 Å². The number of anilines is 1. The van der Waals surface area contributed by atoms with Crippen LogP contribution < -0.4 is 11.3 Å². The maximum Gasteiger partial charge on any atom is 0.254 e. The summed E-state index contributed by atoms with van der Waals surface area (Å²) in [4.78, 5) is 18.1. The van der Waals surface area contributed by atoms with Gasteiger partial charge in [-0.3, -0.25) is 4.79 Å². The summed E-state index contributed by atoms with van der Waals surface area (Å²) < 4.78 is 5.08. The van der Waals surface area contributed by atoms with E-state index in [1.165, 1.54) is 6.07 Å². The van der Waals surface area contributed by atoms with E-state index in [1.54, 1.807) is 18.1 Å². The molecule has 0 aliphatic carbocycles. The third-order valence-electron chi connectivity index (χ3n) is 2.73. The molecule has 19 heavy (non-hydrogen) atoms. The highest BCUT2D eigenvalue weighted by Crippen LogP contribution is 2.16. The number of pyridine rings is 1. The van der Waals surface area contributed by atoms with Crippen LogP contribution in [0.4, 0.5) is 5.82 Å². The van der Waals surface area contributed by atoms with Gasteiger partial charge in [0.05, 0.1) is 12.6 Å². The van der Waals surface area contributed by atoms with Gasteiger partial charge in [-0.15, -0.1) is 0 Å². The van der Waals surface area contributed by atoms with Crippen molar-refractivity contribution in [1.82, 2.24) is 9.88 Å². The quantitative estimate of drug-likeness (QED) is 0.471. The molecule has 0 fully saturated rings. The number of amides is 1. The van der Waals surface area contributed by atoms with Crippen LogP contribution in [0.1, 0.15) is 24.2 Å². The number of methoxy groups -OCH3 is 1. The Balaban J connectivity index is 3.00. The summed E-state index contributed by atoms with van der Waals surface area (Å²) >= 11 is 5.86. The zero-order chi connectivity index (χ0) is 14.4. The zero-order valence-corrected chi connectivity index (χ0v) is 12.1. The molecule has 0 radical (unpaired) electrons. The van der Waals surface area contributed by atoms with Crippen molar-refractivity contribution in [2.45, 2.75) is 19.9 Å². The number of hydrazine groups is 1. The molecule has 1 amide bonds. The second-order valence-electron chi connectivity index (χ2n) is 4.10. The van der Waals surface area contributed by atoms with Gasteiger partial charge < -0.3 is 15.1 Å². The molecule has 1 atom stereocenters. The Morgan fingerprint density at radius 2 is 2.32 bits per heavy atom. The van der Waals surface area contributed by atoms with Gasteiger partial charge >= 0.3 is 0 Å². The predicted molar refractivity (Wildman–Crippen MR) is 75.1 cm³/mol. The van der Waals surface area contributed by atoms with Crippen molar-refractivity contribution in [3.05, 3.63) is 22.8 Å². The SMILES string of the molecule is CCN(C(=O)c1cc(Cl)nc(NN)c1)C(C)COC. The standard InChI is InChI=1S/C12H19ClN4O2/c1-4-17(8(2)7-19-3)12(18)9-5-10(13)15-11(6-9)16-14/h5-6,8H,4,7,14H2,1-3H3,(H,15,16). The molecule has 1 aromatic rings. The van der Waals surface area contributed by atoms with Crippen LogP contribution in [0, 0.1) is 0 Å². The van der Waals surface area contributed by atoms with E-state index < -0.39 is 0 Å². The fraction of sp³-hybridized carbons (Fsp3) is 0.500. The van der Waals surface area contributed by atoms with E-state index in [2.05, 4.69) is 10.4 Å². The Kier molecular flexibility index (Phi) is 6.01. The number of halogens is 1. The first-order valence-electron chi connectivity index (χ1n) is 5.97. The Labute approximate surface area is 117 Å². The highest BCUT2D eigenvalue weighted by atomic mass is 35.5. The molecule has 1 aromatic heterocycles. The van der Waals surface area contributed by atoms with Gasteiger partial charge in [-0.1, -0.05) is 11.6 Å². The minimum Gasteiger partial charge on any atom is -0.383 e. The second kappa shape index (κ2) is 7.28. The first-order valence-corrected chi connectivity index (χ1v) is 6.35. The van der Waals surface area contributed by atoms with E-state index >= 15 is 0 Å². The Morgan fingerprint density at radius 3 is 2.84 bits per heavy atom. The molecule has 0 aliphatic heterocycles. The lowest BCUT2D eigenvalue weighted by Gasteiger charge is -2.27. The molecule has 6 nitrogen and oxygen atoms in total. The molecule has 0 spiro atoms. The third kappa shape index (κ3) is 4.05. The van der Waals surface area contributed by atoms with Crippen molar-refractivity contribution in [1.29, 1.82) is 0 Å². The topological polar surface area (TPSA) is 80.5 Å². The lowest BCUT2D eigenvalue weighted by molar-refractivity contribution is 0.0579. The number of ether oxygens (including phenoxy) is 1. The van der Waals surface area contributed by atoms with Gasteiger partial charge in [-0.2, -0.15) is 0 Å². The maximum atomic E-state index is 12.4. The van der Waals surface area contributed by atoms with Gasteiger partial charge in [0.1, 0.15) is 11.0 Å². The maximum absolute atomic E-state index is 12.4. The number of nitrogen functional groups attached to an aromatic ring is 1. The number of hydrogen-bond donors (Lipinski definition) is 2. The molecule has 0 bridgehead atoms. The van der Waals surface area contributed by atoms with Crippen molar-refractivity contribution < 1.29 is 9.53 Å². The van der Waals surface area contributed by atoms with Crippen molar-refractivity contribution >= 4 is 23.3 Å². The van der Waals surface area contributed by atoms with Gasteiger partial charge in [0, 0.05) is 19.2 Å². The van der Waals surface area contributed by atoms with Gasteiger partial charge in [0.2, 0.25) is 0 Å². The van der Waals surface area contributed by atoms with Gasteiger partial charge in [0.25, 0.3) is 5.91 Å². The number of nitrogens with one attached hydrogen (secondary N) is 1. The molecule has 0 saturated heterocycles. The first kappa shape index (κ1) is 15.7. The first-order chi connectivity index (χ1) is 9.03. The normalized spacial score (nSPS) is 12.1. The monoisotopic (exact) mass is 286 g/mol. The summed E-state index contributed by atoms with van der Waals surface area (Å²) in [6, 6.07) is 3.06. The molecule has 106 valence electrons. The number of carbonyl (C=O) groups excluding carboxylic acids is 1. The molecule has 0 saturated carbocycles. The summed E-state index contributed by atoms with van der Waals surface area (Å²) in [6.07, 6.45) is 0. The summed E-state index contributed by atoms with van der Waals surface area (Å²) in [5.41, 5.74) is 2.83. The van der Waals surface area contributed by atoms with Crippen molar-refractivity contribution in [2.24, 2.45) is 5.84 Å². The molecule has 7 heteroatoms. The fourth-order valence-corrected chi connectivity index (χ4v) is 2.06. The molecule has 1 unspecified atom stereocenters. The molecular weight excluding hydrogens is 268 g/mol. The minimum absolute atomic E-state index is 0.0243. The van der Waals surface area contributed by atoms with E-state index in [0.29, 0.717) is 24.5 Å². The van der Waals surface area contributed by atoms with Crippen LogP contribution in [0.3, 0.4) is 0 Å². The van der Waals surface area contributed by atoms with Gasteiger partial charge in [0.15, 0.2) is 0 Å². The number of likely N-dealkylation sites (N-methyl/N-ethyl adjacent to an activating group) is 1. The van der Waals surface area contributed by atoms with E-state index in [9.17, 15) is 4.79 Å². The van der Waals surface area contributed by atoms with Crippen LogP contribution in [-0.2, 0) is 4.74 Å². The largest absolute Gasteiger partial charge is 0.383 e. The van der Waals surface area contributed by atoms with Crippen LogP contribution >= 0.6 is 11.6 Å². The number of hydrogen-bond acceptors (Lipinski definition) is 5. The molecule has 0 aromatic carbocycles. The molecule has 3 N–H and O–H groups in total. The summed E-state index contributed by atoms with van der Waals surface area (Å²) in [6.45, 7) is 4.89. The molecule has 0 aliphatic rings. The number of rotatable bonds is 6. The highest BCUT2D eigenvalue weighted by Gasteiger charge is 2.20. The van der Waals surface area contributed by atoms with E-state index in [-0.39, 0.29) is 17.1 Å². The minimum atomic E-state index is -0.132. The van der Waals surface area contributed by atoms with Crippen LogP contribution in [0.2, 0.25) is 5.15 Å². The summed E-state index contributed by atoms with van der Waals surface area (Å²) in [5.74, 6) is 5.51. The summed E-state index contributed by atoms with van der Waals surface area (Å²) in [5, 5.41) is 0.217. The van der Waals surface area contributed by atoms with E-state index in [0.717, 1.165) is 0 Å². The third-order valence-corrected chi connectivity index (χ3v) is 2.92. The molecule has 1 heterocycles. The van der Waals surface area contributed by atoms with E-state index in [4.69, 9.17) is 22.2 Å². The second-order valence-corrected chi connectivity index (χ2v) is 4.49.